The summed E-state index contributed by atoms with van der Waals surface area (Å²) >= 11 is 0. The van der Waals surface area contributed by atoms with Crippen LogP contribution in [0, 0.1) is 0 Å². The smallest absolute Gasteiger partial charge is 0.277 e. The van der Waals surface area contributed by atoms with Crippen LogP contribution in [0.25, 0.3) is 22.4 Å². The van der Waals surface area contributed by atoms with Crippen molar-refractivity contribution in [3.05, 3.63) is 34.2 Å². The number of rotatable bonds is 11. The standard InChI is InChI=1S/C25H36N6O4S/c1-5-8-20-22-23(31(4)29-20)25(32)28-24(27-22)19-16-18(10-11-21(19)35-15-6-2)36(33,34)26-13-12-17-9-7-14-30(17)3/h10-11,16-17,26H,5-9,12-15H2,1-4H3,(H,27,28,32)/i3D3,4D3,5D2,12D2,13D. The van der Waals surface area contributed by atoms with Gasteiger partial charge < -0.3 is 14.6 Å². The molecule has 0 amide bonds. The Morgan fingerprint density at radius 3 is 2.94 bits per heavy atom. The summed E-state index contributed by atoms with van der Waals surface area (Å²) in [5, 5.41) is 3.98. The van der Waals surface area contributed by atoms with E-state index < -0.39 is 71.7 Å². The van der Waals surface area contributed by atoms with Crippen LogP contribution in [-0.2, 0) is 23.4 Å². The van der Waals surface area contributed by atoms with Gasteiger partial charge in [-0.15, -0.1) is 0 Å². The first-order chi connectivity index (χ1) is 21.5. The fourth-order valence-electron chi connectivity index (χ4n) is 3.91. The third kappa shape index (κ3) is 5.47. The van der Waals surface area contributed by atoms with Crippen LogP contribution in [0.2, 0.25) is 0 Å². The van der Waals surface area contributed by atoms with E-state index >= 15 is 0 Å². The Kier molecular flexibility index (Phi) is 4.77. The molecule has 4 rings (SSSR count). The van der Waals surface area contributed by atoms with E-state index in [0.29, 0.717) is 17.5 Å². The third-order valence-electron chi connectivity index (χ3n) is 5.67. The lowest BCUT2D eigenvalue weighted by molar-refractivity contribution is 0.297. The van der Waals surface area contributed by atoms with Crippen LogP contribution < -0.4 is 15.0 Å². The maximum atomic E-state index is 13.5. The minimum absolute atomic E-state index is 0.0543. The third-order valence-corrected chi connectivity index (χ3v) is 6.97. The van der Waals surface area contributed by atoms with Crippen molar-refractivity contribution in [3.63, 3.8) is 0 Å². The molecule has 1 aromatic carbocycles. The van der Waals surface area contributed by atoms with Gasteiger partial charge in [0.1, 0.15) is 17.1 Å². The zero-order valence-electron chi connectivity index (χ0n) is 31.0. The molecule has 1 aliphatic heterocycles. The molecule has 3 aromatic rings. The van der Waals surface area contributed by atoms with Crippen LogP contribution in [0.4, 0.5) is 0 Å². The van der Waals surface area contributed by atoms with E-state index in [0.717, 1.165) is 17.0 Å². The van der Waals surface area contributed by atoms with Gasteiger partial charge >= 0.3 is 0 Å². The Morgan fingerprint density at radius 2 is 2.19 bits per heavy atom. The molecular weight excluding hydrogens is 480 g/mol. The Morgan fingerprint density at radius 1 is 1.33 bits per heavy atom. The zero-order chi connectivity index (χ0) is 35.3. The van der Waals surface area contributed by atoms with Crippen LogP contribution in [0.3, 0.4) is 0 Å². The molecule has 2 N–H and O–H groups in total. The first-order valence-electron chi connectivity index (χ1n) is 17.1. The van der Waals surface area contributed by atoms with E-state index in [-0.39, 0.29) is 47.9 Å². The molecule has 1 aliphatic rings. The van der Waals surface area contributed by atoms with Crippen LogP contribution >= 0.6 is 0 Å². The molecule has 2 unspecified atom stereocenters. The second kappa shape index (κ2) is 11.1. The van der Waals surface area contributed by atoms with Gasteiger partial charge in [-0.05, 0) is 63.8 Å². The molecule has 11 heteroatoms. The second-order valence-electron chi connectivity index (χ2n) is 8.29. The Labute approximate surface area is 227 Å². The molecule has 2 atom stereocenters. The van der Waals surface area contributed by atoms with Crippen LogP contribution in [0.1, 0.15) is 66.6 Å². The van der Waals surface area contributed by atoms with E-state index in [1.807, 2.05) is 11.6 Å². The highest BCUT2D eigenvalue weighted by molar-refractivity contribution is 7.89. The van der Waals surface area contributed by atoms with Crippen LogP contribution in [0.15, 0.2) is 27.9 Å². The first-order valence-corrected chi connectivity index (χ1v) is 13.0. The van der Waals surface area contributed by atoms with Gasteiger partial charge in [-0.1, -0.05) is 20.2 Å². The summed E-state index contributed by atoms with van der Waals surface area (Å²) in [5.41, 5.74) is -1.77. The fourth-order valence-corrected chi connectivity index (χ4v) is 4.79. The van der Waals surface area contributed by atoms with Gasteiger partial charge in [-0.25, -0.2) is 18.1 Å². The highest BCUT2D eigenvalue weighted by Crippen LogP contribution is 2.31. The molecule has 0 aliphatic carbocycles. The highest BCUT2D eigenvalue weighted by atomic mass is 32.2. The molecule has 36 heavy (non-hydrogen) atoms. The molecule has 3 heterocycles. The van der Waals surface area contributed by atoms with Gasteiger partial charge in [0.2, 0.25) is 10.0 Å². The van der Waals surface area contributed by atoms with E-state index in [4.69, 9.17) is 19.8 Å². The molecule has 0 spiro atoms. The van der Waals surface area contributed by atoms with Crippen LogP contribution in [-0.4, -0.2) is 65.8 Å². The number of benzene rings is 1. The first kappa shape index (κ1) is 15.5. The minimum atomic E-state index is -4.65. The predicted octanol–water partition coefficient (Wildman–Crippen LogP) is 2.83. The number of fused-ring (bicyclic) bond motifs is 1. The van der Waals surface area contributed by atoms with Crippen molar-refractivity contribution in [1.29, 1.82) is 0 Å². The number of aromatic amines is 1. The molecule has 196 valence electrons. The molecule has 0 bridgehead atoms. The number of sulfonamides is 1. The quantitative estimate of drug-likeness (QED) is 0.393. The molecular formula is C25H36N6O4S. The van der Waals surface area contributed by atoms with Crippen molar-refractivity contribution >= 4 is 21.1 Å². The number of aromatic nitrogens is 4. The topological polar surface area (TPSA) is 122 Å². The molecule has 0 radical (unpaired) electrons. The van der Waals surface area contributed by atoms with E-state index in [1.165, 1.54) is 13.0 Å². The van der Waals surface area contributed by atoms with E-state index in [9.17, 15) is 13.2 Å². The van der Waals surface area contributed by atoms with Gasteiger partial charge in [-0.3, -0.25) is 9.48 Å². The largest absolute Gasteiger partial charge is 0.493 e. The monoisotopic (exact) mass is 527 g/mol. The Bertz CT molecular complexity index is 1780. The van der Waals surface area contributed by atoms with Crippen molar-refractivity contribution in [2.24, 2.45) is 6.98 Å². The summed E-state index contributed by atoms with van der Waals surface area (Å²) in [6.45, 7) is -4.34. The summed E-state index contributed by atoms with van der Waals surface area (Å²) in [6.07, 6.45) is -3.85. The maximum absolute atomic E-state index is 13.5. The highest BCUT2D eigenvalue weighted by Gasteiger charge is 2.23. The van der Waals surface area contributed by atoms with Gasteiger partial charge in [0.05, 0.1) is 22.8 Å². The van der Waals surface area contributed by atoms with Crippen molar-refractivity contribution < 1.29 is 28.2 Å². The second-order valence-corrected chi connectivity index (χ2v) is 10.0. The van der Waals surface area contributed by atoms with Crippen LogP contribution in [0.5, 0.6) is 5.75 Å². The lowest BCUT2D eigenvalue weighted by Crippen LogP contribution is -2.31. The van der Waals surface area contributed by atoms with Crippen molar-refractivity contribution in [1.82, 2.24) is 29.4 Å². The lowest BCUT2D eigenvalue weighted by Gasteiger charge is -2.19. The normalized spacial score (nSPS) is 23.6. The van der Waals surface area contributed by atoms with Crippen molar-refractivity contribution in [2.75, 3.05) is 26.6 Å². The lowest BCUT2D eigenvalue weighted by atomic mass is 10.1. The number of nitrogens with zero attached hydrogens (tertiary/aromatic N) is 4. The number of hydrogen-bond donors (Lipinski definition) is 2. The number of likely N-dealkylation sites (tertiary alicyclic amines) is 1. The molecule has 1 saturated heterocycles. The Balaban J connectivity index is 1.81. The van der Waals surface area contributed by atoms with Gasteiger partial charge in [0, 0.05) is 34.6 Å². The average Bonchev–Trinajstić information content (AvgIpc) is 3.57. The predicted molar refractivity (Wildman–Crippen MR) is 140 cm³/mol. The van der Waals surface area contributed by atoms with E-state index in [1.54, 1.807) is 0 Å². The minimum Gasteiger partial charge on any atom is -0.493 e. The number of hydrogen-bond acceptors (Lipinski definition) is 7. The van der Waals surface area contributed by atoms with Crippen molar-refractivity contribution in [3.8, 4) is 17.1 Å². The summed E-state index contributed by atoms with van der Waals surface area (Å²) in [4.78, 5) is 20.7. The fraction of sp³-hybridized carbons (Fsp3) is 0.560. The number of ether oxygens (including phenoxy) is 1. The van der Waals surface area contributed by atoms with E-state index in [2.05, 4.69) is 15.1 Å². The zero-order valence-corrected chi connectivity index (χ0v) is 20.8. The summed E-state index contributed by atoms with van der Waals surface area (Å²) in [5.74, 6) is -0.161. The Hall–Kier alpha value is -2.76. The summed E-state index contributed by atoms with van der Waals surface area (Å²) in [7, 11) is -4.65. The van der Waals surface area contributed by atoms with Gasteiger partial charge in [-0.2, -0.15) is 5.10 Å². The molecule has 1 fully saturated rings. The SMILES string of the molecule is [2H]C(NS(=O)(=O)c1ccc(OCCC)c(-c2nc3c(CC([2H])([2H])C)nn(C([2H])([2H])[2H])c3c(=O)[nH]2)c1)C([2H])([2H])C1CCCN1C([2H])([2H])[2H]. The van der Waals surface area contributed by atoms with Gasteiger partial charge in [0.25, 0.3) is 5.56 Å². The average molecular weight is 528 g/mol. The van der Waals surface area contributed by atoms with Crippen molar-refractivity contribution in [2.45, 2.75) is 63.2 Å². The summed E-state index contributed by atoms with van der Waals surface area (Å²) < 4.78 is 123. The molecule has 2 aromatic heterocycles. The molecule has 0 saturated carbocycles. The molecule has 10 nitrogen and oxygen atoms in total. The number of aryl methyl sites for hydroxylation is 2. The number of H-pyrrole nitrogens is 1. The number of nitrogens with one attached hydrogen (secondary N) is 2. The summed E-state index contributed by atoms with van der Waals surface area (Å²) in [6, 6.07) is 2.25. The van der Waals surface area contributed by atoms with Gasteiger partial charge in [0.15, 0.2) is 5.52 Å². The maximum Gasteiger partial charge on any atom is 0.277 e.